The summed E-state index contributed by atoms with van der Waals surface area (Å²) in [5.41, 5.74) is 0.218. The number of benzene rings is 2. The first-order valence-corrected chi connectivity index (χ1v) is 9.15. The Morgan fingerprint density at radius 1 is 1.00 bits per heavy atom. The number of hydrogen-bond donors (Lipinski definition) is 0. The van der Waals surface area contributed by atoms with E-state index < -0.39 is 11.7 Å². The van der Waals surface area contributed by atoms with Gasteiger partial charge < -0.3 is 9.47 Å². The van der Waals surface area contributed by atoms with Crippen molar-refractivity contribution < 1.29 is 19.1 Å². The van der Waals surface area contributed by atoms with Crippen LogP contribution in [-0.4, -0.2) is 23.6 Å². The summed E-state index contributed by atoms with van der Waals surface area (Å²) in [6.07, 6.45) is 2.78. The van der Waals surface area contributed by atoms with Gasteiger partial charge in [-0.2, -0.15) is 0 Å². The average Bonchev–Trinajstić information content (AvgIpc) is 2.69. The molecule has 0 saturated heterocycles. The van der Waals surface area contributed by atoms with Crippen molar-refractivity contribution in [2.24, 2.45) is 0 Å². The number of carbonyl (C=O) groups excluding carboxylic acids is 2. The fraction of sp³-hybridized carbons (Fsp3) is 0.304. The Kier molecular flexibility index (Phi) is 7.35. The molecule has 0 heterocycles. The van der Waals surface area contributed by atoms with E-state index in [-0.39, 0.29) is 11.9 Å². The highest BCUT2D eigenvalue weighted by Gasteiger charge is 2.34. The van der Waals surface area contributed by atoms with Crippen LogP contribution < -0.4 is 0 Å². The molecule has 0 aromatic heterocycles. The van der Waals surface area contributed by atoms with Gasteiger partial charge in [0.1, 0.15) is 11.7 Å². The highest BCUT2D eigenvalue weighted by Crippen LogP contribution is 2.30. The molecule has 0 radical (unpaired) electrons. The van der Waals surface area contributed by atoms with E-state index in [4.69, 9.17) is 9.47 Å². The maximum absolute atomic E-state index is 12.6. The lowest BCUT2D eigenvalue weighted by atomic mass is 9.89. The summed E-state index contributed by atoms with van der Waals surface area (Å²) in [4.78, 5) is 24.8. The van der Waals surface area contributed by atoms with E-state index in [2.05, 4.69) is 6.58 Å². The molecule has 0 amide bonds. The van der Waals surface area contributed by atoms with Gasteiger partial charge in [-0.25, -0.2) is 9.59 Å². The topological polar surface area (TPSA) is 52.6 Å². The van der Waals surface area contributed by atoms with Crippen LogP contribution >= 0.6 is 0 Å². The monoisotopic (exact) mass is 366 g/mol. The van der Waals surface area contributed by atoms with Crippen molar-refractivity contribution in [1.29, 1.82) is 0 Å². The van der Waals surface area contributed by atoms with E-state index in [1.54, 1.807) is 54.6 Å². The van der Waals surface area contributed by atoms with Crippen molar-refractivity contribution in [2.75, 3.05) is 0 Å². The minimum Gasteiger partial charge on any atom is -0.459 e. The molecule has 142 valence electrons. The molecule has 2 aromatic carbocycles. The first-order chi connectivity index (χ1) is 13.0. The molecule has 0 aliphatic rings. The molecular formula is C23H26O4. The van der Waals surface area contributed by atoms with Crippen LogP contribution in [0.15, 0.2) is 73.3 Å². The summed E-state index contributed by atoms with van der Waals surface area (Å²) in [5.74, 6) is -0.776. The fourth-order valence-corrected chi connectivity index (χ4v) is 3.01. The predicted molar refractivity (Wildman–Crippen MR) is 106 cm³/mol. The maximum atomic E-state index is 12.6. The molecule has 0 bridgehead atoms. The van der Waals surface area contributed by atoms with E-state index in [0.29, 0.717) is 30.4 Å². The second-order valence-electron chi connectivity index (χ2n) is 6.57. The molecule has 27 heavy (non-hydrogen) atoms. The van der Waals surface area contributed by atoms with Gasteiger partial charge in [-0.15, -0.1) is 6.58 Å². The van der Waals surface area contributed by atoms with Gasteiger partial charge in [0.15, 0.2) is 0 Å². The van der Waals surface area contributed by atoms with Gasteiger partial charge in [0.2, 0.25) is 0 Å². The number of ether oxygens (including phenoxy) is 2. The number of esters is 2. The van der Waals surface area contributed by atoms with Crippen LogP contribution in [0.3, 0.4) is 0 Å². The van der Waals surface area contributed by atoms with Crippen LogP contribution in [0.1, 0.15) is 53.8 Å². The molecule has 2 rings (SSSR count). The van der Waals surface area contributed by atoms with E-state index in [1.807, 2.05) is 26.0 Å². The molecule has 0 aliphatic carbocycles. The van der Waals surface area contributed by atoms with Gasteiger partial charge in [-0.3, -0.25) is 0 Å². The van der Waals surface area contributed by atoms with Crippen LogP contribution in [0.2, 0.25) is 0 Å². The minimum absolute atomic E-state index is 0.388. The van der Waals surface area contributed by atoms with Crippen molar-refractivity contribution >= 4 is 11.9 Å². The molecule has 2 atom stereocenters. The lowest BCUT2D eigenvalue weighted by Gasteiger charge is -2.34. The van der Waals surface area contributed by atoms with Crippen molar-refractivity contribution in [3.63, 3.8) is 0 Å². The summed E-state index contributed by atoms with van der Waals surface area (Å²) < 4.78 is 11.4. The van der Waals surface area contributed by atoms with Crippen molar-refractivity contribution in [3.8, 4) is 0 Å². The van der Waals surface area contributed by atoms with Crippen LogP contribution in [0.25, 0.3) is 0 Å². The minimum atomic E-state index is -0.773. The third kappa shape index (κ3) is 5.81. The fourth-order valence-electron chi connectivity index (χ4n) is 3.01. The SMILES string of the molecule is C=CCC(CC)(CC(C)OC(=O)c1ccccc1)OC(=O)c1ccccc1. The quantitative estimate of drug-likeness (QED) is 0.452. The van der Waals surface area contributed by atoms with E-state index in [0.717, 1.165) is 0 Å². The van der Waals surface area contributed by atoms with Gasteiger partial charge in [0.25, 0.3) is 0 Å². The molecule has 4 heteroatoms. The van der Waals surface area contributed by atoms with Gasteiger partial charge >= 0.3 is 11.9 Å². The molecule has 2 aromatic rings. The van der Waals surface area contributed by atoms with Gasteiger partial charge in [-0.05, 0) is 37.6 Å². The van der Waals surface area contributed by atoms with Gasteiger partial charge in [0.05, 0.1) is 11.1 Å². The molecule has 4 nitrogen and oxygen atoms in total. The predicted octanol–water partition coefficient (Wildman–Crippen LogP) is 5.20. The first kappa shape index (κ1) is 20.4. The Bertz CT molecular complexity index is 754. The average molecular weight is 366 g/mol. The van der Waals surface area contributed by atoms with Crippen molar-refractivity contribution in [3.05, 3.63) is 84.4 Å². The second-order valence-corrected chi connectivity index (χ2v) is 6.57. The molecule has 0 aliphatic heterocycles. The van der Waals surface area contributed by atoms with Crippen LogP contribution in [-0.2, 0) is 9.47 Å². The highest BCUT2D eigenvalue weighted by atomic mass is 16.6. The Morgan fingerprint density at radius 2 is 1.52 bits per heavy atom. The molecule has 0 N–H and O–H groups in total. The summed E-state index contributed by atoms with van der Waals surface area (Å²) in [5, 5.41) is 0. The summed E-state index contributed by atoms with van der Waals surface area (Å²) in [6, 6.07) is 17.7. The van der Waals surface area contributed by atoms with Crippen molar-refractivity contribution in [2.45, 2.75) is 44.8 Å². The molecule has 0 fully saturated rings. The first-order valence-electron chi connectivity index (χ1n) is 9.15. The molecule has 0 saturated carbocycles. The highest BCUT2D eigenvalue weighted by molar-refractivity contribution is 5.90. The van der Waals surface area contributed by atoms with Crippen LogP contribution in [0.5, 0.6) is 0 Å². The van der Waals surface area contributed by atoms with Crippen LogP contribution in [0, 0.1) is 0 Å². The van der Waals surface area contributed by atoms with Gasteiger partial charge in [0, 0.05) is 12.8 Å². The standard InChI is InChI=1S/C23H26O4/c1-4-16-23(5-2,27-22(25)20-14-10-7-11-15-20)17-18(3)26-21(24)19-12-8-6-9-13-19/h4,6-15,18H,1,5,16-17H2,2-3H3. The molecule has 2 unspecified atom stereocenters. The third-order valence-electron chi connectivity index (χ3n) is 4.46. The zero-order valence-corrected chi connectivity index (χ0v) is 15.9. The Balaban J connectivity index is 2.09. The zero-order valence-electron chi connectivity index (χ0n) is 15.9. The molecule has 0 spiro atoms. The number of carbonyl (C=O) groups is 2. The van der Waals surface area contributed by atoms with Crippen molar-refractivity contribution in [1.82, 2.24) is 0 Å². The summed E-state index contributed by atoms with van der Waals surface area (Å²) in [7, 11) is 0. The Hall–Kier alpha value is -2.88. The number of rotatable bonds is 9. The normalized spacial score (nSPS) is 13.9. The van der Waals surface area contributed by atoms with E-state index in [9.17, 15) is 9.59 Å². The summed E-state index contributed by atoms with van der Waals surface area (Å²) >= 11 is 0. The Morgan fingerprint density at radius 3 is 2.00 bits per heavy atom. The number of hydrogen-bond acceptors (Lipinski definition) is 4. The maximum Gasteiger partial charge on any atom is 0.338 e. The zero-order chi connectivity index (χ0) is 19.7. The smallest absolute Gasteiger partial charge is 0.338 e. The van der Waals surface area contributed by atoms with E-state index >= 15 is 0 Å². The molecular weight excluding hydrogens is 340 g/mol. The third-order valence-corrected chi connectivity index (χ3v) is 4.46. The summed E-state index contributed by atoms with van der Waals surface area (Å²) in [6.45, 7) is 7.55. The Labute approximate surface area is 160 Å². The lowest BCUT2D eigenvalue weighted by Crippen LogP contribution is -2.38. The van der Waals surface area contributed by atoms with E-state index in [1.165, 1.54) is 0 Å². The van der Waals surface area contributed by atoms with Gasteiger partial charge in [-0.1, -0.05) is 49.4 Å². The largest absolute Gasteiger partial charge is 0.459 e. The van der Waals surface area contributed by atoms with Crippen LogP contribution in [0.4, 0.5) is 0 Å². The second kappa shape index (κ2) is 9.72. The lowest BCUT2D eigenvalue weighted by molar-refractivity contribution is -0.0465.